The minimum Gasteiger partial charge on any atom is -0.345 e. The summed E-state index contributed by atoms with van der Waals surface area (Å²) in [5.41, 5.74) is 2.03. The molecule has 2 N–H and O–H groups in total. The molecule has 0 aliphatic rings. The summed E-state index contributed by atoms with van der Waals surface area (Å²) in [5.74, 6) is -0.304. The van der Waals surface area contributed by atoms with Crippen molar-refractivity contribution in [3.05, 3.63) is 96.1 Å². The van der Waals surface area contributed by atoms with Gasteiger partial charge in [0, 0.05) is 6.42 Å². The Bertz CT molecular complexity index is 1430. The number of aldehydes is 1. The van der Waals surface area contributed by atoms with E-state index in [1.54, 1.807) is 0 Å². The van der Waals surface area contributed by atoms with Crippen molar-refractivity contribution < 1.29 is 14.4 Å². The van der Waals surface area contributed by atoms with Gasteiger partial charge in [-0.1, -0.05) is 121 Å². The number of amides is 2. The van der Waals surface area contributed by atoms with Crippen molar-refractivity contribution in [1.29, 1.82) is 0 Å². The first-order chi connectivity index (χ1) is 18.3. The lowest BCUT2D eigenvalue weighted by molar-refractivity contribution is -0.129. The summed E-state index contributed by atoms with van der Waals surface area (Å²) in [6, 6.07) is 26.9. The molecule has 5 nitrogen and oxygen atoms in total. The summed E-state index contributed by atoms with van der Waals surface area (Å²) in [5, 5.41) is 10.3. The summed E-state index contributed by atoms with van der Waals surface area (Å²) in [7, 11) is 0. The number of carbonyl (C=O) groups is 3. The SMILES string of the molecule is CC(C)C[C@@H](C=O)NC(=O)C(Cc1cccc2ccccc12)NC(=O)[C@@H](I)Cc1ccc2ccccc2c1. The molecule has 0 radical (unpaired) electrons. The van der Waals surface area contributed by atoms with Gasteiger partial charge in [0.2, 0.25) is 11.8 Å². The van der Waals surface area contributed by atoms with E-state index in [0.717, 1.165) is 39.0 Å². The molecule has 0 aromatic heterocycles. The molecule has 3 atom stereocenters. The molecule has 0 saturated carbocycles. The van der Waals surface area contributed by atoms with E-state index in [1.165, 1.54) is 0 Å². The van der Waals surface area contributed by atoms with Gasteiger partial charge in [-0.2, -0.15) is 0 Å². The maximum atomic E-state index is 13.4. The predicted molar refractivity (Wildman–Crippen MR) is 162 cm³/mol. The quantitative estimate of drug-likeness (QED) is 0.127. The number of hydrogen-bond donors (Lipinski definition) is 2. The molecule has 4 aromatic rings. The van der Waals surface area contributed by atoms with Crippen LogP contribution in [0.25, 0.3) is 21.5 Å². The summed E-state index contributed by atoms with van der Waals surface area (Å²) in [6.45, 7) is 4.01. The third-order valence-corrected chi connectivity index (χ3v) is 7.67. The van der Waals surface area contributed by atoms with Crippen molar-refractivity contribution >= 4 is 62.2 Å². The van der Waals surface area contributed by atoms with Crippen LogP contribution in [0.1, 0.15) is 31.4 Å². The second-order valence-electron chi connectivity index (χ2n) is 10.1. The van der Waals surface area contributed by atoms with Crippen molar-refractivity contribution in [3.8, 4) is 0 Å². The summed E-state index contributed by atoms with van der Waals surface area (Å²) < 4.78 is -0.367. The molecule has 196 valence electrons. The monoisotopic (exact) mass is 620 g/mol. The first-order valence-electron chi connectivity index (χ1n) is 13.0. The van der Waals surface area contributed by atoms with Crippen LogP contribution in [-0.4, -0.2) is 34.1 Å². The average molecular weight is 621 g/mol. The number of nitrogens with one attached hydrogen (secondary N) is 2. The van der Waals surface area contributed by atoms with Crippen molar-refractivity contribution in [1.82, 2.24) is 10.6 Å². The highest BCUT2D eigenvalue weighted by Crippen LogP contribution is 2.21. The Morgan fingerprint density at radius 1 is 0.789 bits per heavy atom. The maximum Gasteiger partial charge on any atom is 0.243 e. The molecule has 4 rings (SSSR count). The van der Waals surface area contributed by atoms with Gasteiger partial charge in [0.1, 0.15) is 12.3 Å². The topological polar surface area (TPSA) is 75.3 Å². The number of fused-ring (bicyclic) bond motifs is 2. The summed E-state index contributed by atoms with van der Waals surface area (Å²) >= 11 is 2.15. The van der Waals surface area contributed by atoms with Gasteiger partial charge in [0.25, 0.3) is 0 Å². The van der Waals surface area contributed by atoms with Crippen LogP contribution in [0.5, 0.6) is 0 Å². The largest absolute Gasteiger partial charge is 0.345 e. The predicted octanol–water partition coefficient (Wildman–Crippen LogP) is 5.80. The second kappa shape index (κ2) is 13.0. The van der Waals surface area contributed by atoms with Gasteiger partial charge < -0.3 is 15.4 Å². The molecular weight excluding hydrogens is 587 g/mol. The molecule has 0 spiro atoms. The summed E-state index contributed by atoms with van der Waals surface area (Å²) in [4.78, 5) is 38.4. The number of carbonyl (C=O) groups excluding carboxylic acids is 3. The molecule has 38 heavy (non-hydrogen) atoms. The zero-order valence-electron chi connectivity index (χ0n) is 21.7. The van der Waals surface area contributed by atoms with Crippen LogP contribution in [0.2, 0.25) is 0 Å². The van der Waals surface area contributed by atoms with Gasteiger partial charge in [0.15, 0.2) is 0 Å². The van der Waals surface area contributed by atoms with E-state index in [1.807, 2.05) is 74.5 Å². The Hall–Kier alpha value is -3.26. The molecule has 0 saturated heterocycles. The van der Waals surface area contributed by atoms with Crippen molar-refractivity contribution in [2.45, 2.75) is 49.1 Å². The van der Waals surface area contributed by atoms with Crippen LogP contribution in [0.15, 0.2) is 84.9 Å². The molecule has 0 fully saturated rings. The number of halogens is 1. The lowest BCUT2D eigenvalue weighted by Gasteiger charge is -2.23. The highest BCUT2D eigenvalue weighted by atomic mass is 127. The second-order valence-corrected chi connectivity index (χ2v) is 11.6. The number of alkyl halides is 1. The van der Waals surface area contributed by atoms with Crippen molar-refractivity contribution in [2.75, 3.05) is 0 Å². The van der Waals surface area contributed by atoms with Crippen molar-refractivity contribution in [2.24, 2.45) is 5.92 Å². The minimum atomic E-state index is -0.809. The third-order valence-electron chi connectivity index (χ3n) is 6.67. The fourth-order valence-corrected chi connectivity index (χ4v) is 5.46. The zero-order valence-corrected chi connectivity index (χ0v) is 23.9. The highest BCUT2D eigenvalue weighted by molar-refractivity contribution is 14.1. The van der Waals surface area contributed by atoms with Gasteiger partial charge >= 0.3 is 0 Å². The van der Waals surface area contributed by atoms with Crippen LogP contribution >= 0.6 is 22.6 Å². The molecule has 6 heteroatoms. The Labute approximate surface area is 237 Å². The standard InChI is InChI=1S/C32H33IN2O3/c1-21(2)16-27(20-36)34-32(38)30(19-26-12-7-11-24-9-5-6-13-28(24)26)35-31(37)29(33)18-22-14-15-23-8-3-4-10-25(23)17-22/h3-15,17,20-21,27,29-30H,16,18-19H2,1-2H3,(H,34,38)(H,35,37)/t27-,29-,30?/m0/s1. The Morgan fingerprint density at radius 3 is 2.21 bits per heavy atom. The van der Waals surface area contributed by atoms with E-state index in [-0.39, 0.29) is 21.7 Å². The van der Waals surface area contributed by atoms with Crippen LogP contribution in [0.3, 0.4) is 0 Å². The third kappa shape index (κ3) is 7.19. The van der Waals surface area contributed by atoms with Gasteiger partial charge in [-0.05, 0) is 51.4 Å². The van der Waals surface area contributed by atoms with E-state index in [9.17, 15) is 14.4 Å². The normalized spacial score (nSPS) is 13.7. The lowest BCUT2D eigenvalue weighted by Crippen LogP contribution is -2.52. The molecule has 0 bridgehead atoms. The molecule has 1 unspecified atom stereocenters. The first kappa shape index (κ1) is 27.8. The highest BCUT2D eigenvalue weighted by Gasteiger charge is 2.27. The van der Waals surface area contributed by atoms with Crippen LogP contribution in [0, 0.1) is 5.92 Å². The Kier molecular flexibility index (Phi) is 9.50. The molecule has 0 heterocycles. The lowest BCUT2D eigenvalue weighted by atomic mass is 9.97. The molecular formula is C32H33IN2O3. The van der Waals surface area contributed by atoms with Gasteiger partial charge in [-0.15, -0.1) is 0 Å². The smallest absolute Gasteiger partial charge is 0.243 e. The first-order valence-corrected chi connectivity index (χ1v) is 14.2. The van der Waals surface area contributed by atoms with Crippen LogP contribution < -0.4 is 10.6 Å². The molecule has 4 aromatic carbocycles. The minimum absolute atomic E-state index is 0.203. The van der Waals surface area contributed by atoms with Gasteiger partial charge in [0.05, 0.1) is 9.97 Å². The van der Waals surface area contributed by atoms with E-state index < -0.39 is 12.1 Å². The molecule has 0 aliphatic carbocycles. The van der Waals surface area contributed by atoms with Gasteiger partial charge in [-0.25, -0.2) is 0 Å². The number of benzene rings is 4. The van der Waals surface area contributed by atoms with E-state index in [0.29, 0.717) is 19.3 Å². The number of hydrogen-bond acceptors (Lipinski definition) is 3. The number of rotatable bonds is 11. The average Bonchev–Trinajstić information content (AvgIpc) is 2.92. The summed E-state index contributed by atoms with van der Waals surface area (Å²) in [6.07, 6.45) is 2.19. The Morgan fingerprint density at radius 2 is 1.47 bits per heavy atom. The fraction of sp³-hybridized carbons (Fsp3) is 0.281. The van der Waals surface area contributed by atoms with Crippen molar-refractivity contribution in [3.63, 3.8) is 0 Å². The van der Waals surface area contributed by atoms with E-state index in [4.69, 9.17) is 0 Å². The Balaban J connectivity index is 1.53. The zero-order chi connectivity index (χ0) is 27.1. The maximum absolute atomic E-state index is 13.4. The molecule has 0 aliphatic heterocycles. The van der Waals surface area contributed by atoms with Gasteiger partial charge in [-0.3, -0.25) is 9.59 Å². The van der Waals surface area contributed by atoms with E-state index in [2.05, 4.69) is 57.5 Å². The van der Waals surface area contributed by atoms with Crippen LogP contribution in [-0.2, 0) is 27.2 Å². The van der Waals surface area contributed by atoms with Crippen LogP contribution in [0.4, 0.5) is 0 Å². The fourth-order valence-electron chi connectivity index (χ4n) is 4.77. The molecule has 2 amide bonds. The van der Waals surface area contributed by atoms with E-state index >= 15 is 0 Å².